The van der Waals surface area contributed by atoms with Crippen molar-refractivity contribution in [3.63, 3.8) is 0 Å². The number of carbonyl (C=O) groups excluding carboxylic acids is 2. The Bertz CT molecular complexity index is 577. The van der Waals surface area contributed by atoms with Gasteiger partial charge in [0.15, 0.2) is 0 Å². The van der Waals surface area contributed by atoms with Gasteiger partial charge in [-0.2, -0.15) is 0 Å². The predicted molar refractivity (Wildman–Crippen MR) is 68.4 cm³/mol. The third-order valence-electron chi connectivity index (χ3n) is 2.37. The monoisotopic (exact) mass is 318 g/mol. The Hall–Kier alpha value is -2.35. The number of halogens is 3. The minimum atomic E-state index is -1.43. The van der Waals surface area contributed by atoms with Crippen LogP contribution in [0.2, 0.25) is 0 Å². The number of ether oxygens (including phenoxy) is 2. The van der Waals surface area contributed by atoms with E-state index in [0.29, 0.717) is 12.1 Å². The largest absolute Gasteiger partial charge is 0.459 e. The zero-order chi connectivity index (χ0) is 16.9. The van der Waals surface area contributed by atoms with Gasteiger partial charge in [0.2, 0.25) is 0 Å². The van der Waals surface area contributed by atoms with Crippen molar-refractivity contribution in [2.24, 2.45) is 0 Å². The molecule has 0 radical (unpaired) electrons. The quantitative estimate of drug-likeness (QED) is 0.639. The summed E-state index contributed by atoms with van der Waals surface area (Å²) in [5, 5.41) is 9.43. The summed E-state index contributed by atoms with van der Waals surface area (Å²) in [6, 6.07) is 0.648. The van der Waals surface area contributed by atoms with Crippen molar-refractivity contribution in [2.45, 2.75) is 13.0 Å². The normalized spacial score (nSPS) is 11.7. The Kier molecular flexibility index (Phi) is 6.11. The number of hydrogen-bond donors (Lipinski definition) is 1. The van der Waals surface area contributed by atoms with Gasteiger partial charge in [0.05, 0.1) is 0 Å². The third-order valence-corrected chi connectivity index (χ3v) is 2.37. The van der Waals surface area contributed by atoms with E-state index in [2.05, 4.69) is 16.1 Å². The van der Waals surface area contributed by atoms with Crippen molar-refractivity contribution >= 4 is 11.9 Å². The van der Waals surface area contributed by atoms with Gasteiger partial charge in [0.25, 0.3) is 0 Å². The Morgan fingerprint density at radius 2 is 1.68 bits per heavy atom. The molecule has 0 fully saturated rings. The van der Waals surface area contributed by atoms with E-state index >= 15 is 0 Å². The number of esters is 2. The minimum absolute atomic E-state index is 0.111. The van der Waals surface area contributed by atoms with E-state index in [0.717, 1.165) is 0 Å². The fourth-order valence-corrected chi connectivity index (χ4v) is 1.32. The van der Waals surface area contributed by atoms with Gasteiger partial charge in [0.1, 0.15) is 42.3 Å². The lowest BCUT2D eigenvalue weighted by Crippen LogP contribution is -2.26. The summed E-state index contributed by atoms with van der Waals surface area (Å²) in [6.45, 7) is 3.55. The summed E-state index contributed by atoms with van der Waals surface area (Å²) in [6.07, 6.45) is -1.39. The second kappa shape index (κ2) is 7.60. The van der Waals surface area contributed by atoms with Crippen LogP contribution in [0.5, 0.6) is 0 Å². The highest BCUT2D eigenvalue weighted by molar-refractivity contribution is 5.90. The van der Waals surface area contributed by atoms with Crippen molar-refractivity contribution in [1.82, 2.24) is 0 Å². The molecule has 120 valence electrons. The predicted octanol–water partition coefficient (Wildman–Crippen LogP) is 1.74. The lowest BCUT2D eigenvalue weighted by atomic mass is 10.2. The maximum atomic E-state index is 13.3. The van der Waals surface area contributed by atoms with Crippen LogP contribution in [0.15, 0.2) is 24.3 Å². The van der Waals surface area contributed by atoms with Crippen molar-refractivity contribution in [2.75, 3.05) is 13.2 Å². The van der Waals surface area contributed by atoms with Gasteiger partial charge in [-0.05, 0) is 6.92 Å². The average molecular weight is 318 g/mol. The molecule has 1 aromatic carbocycles. The molecule has 0 amide bonds. The first-order valence-electron chi connectivity index (χ1n) is 6.04. The molecule has 0 aromatic heterocycles. The second-order valence-corrected chi connectivity index (χ2v) is 4.38. The van der Waals surface area contributed by atoms with Gasteiger partial charge in [-0.15, -0.1) is 0 Å². The summed E-state index contributed by atoms with van der Waals surface area (Å²) in [7, 11) is 0. The van der Waals surface area contributed by atoms with Gasteiger partial charge >= 0.3 is 11.9 Å². The van der Waals surface area contributed by atoms with Crippen molar-refractivity contribution in [3.05, 3.63) is 47.3 Å². The summed E-state index contributed by atoms with van der Waals surface area (Å²) in [5.74, 6) is -6.20. The highest BCUT2D eigenvalue weighted by Gasteiger charge is 2.21. The molecule has 1 rings (SSSR count). The van der Waals surface area contributed by atoms with Gasteiger partial charge in [-0.1, -0.05) is 6.58 Å². The molecule has 0 saturated heterocycles. The molecule has 8 heteroatoms. The molecule has 0 heterocycles. The second-order valence-electron chi connectivity index (χ2n) is 4.38. The van der Waals surface area contributed by atoms with Crippen molar-refractivity contribution in [3.8, 4) is 0 Å². The van der Waals surface area contributed by atoms with E-state index in [-0.39, 0.29) is 5.57 Å². The molecule has 0 aliphatic carbocycles. The number of aliphatic hydroxyl groups excluding tert-OH is 1. The Labute approximate surface area is 124 Å². The molecule has 0 spiro atoms. The van der Waals surface area contributed by atoms with Crippen LogP contribution in [0, 0.1) is 17.5 Å². The van der Waals surface area contributed by atoms with E-state index in [9.17, 15) is 27.9 Å². The molecule has 22 heavy (non-hydrogen) atoms. The summed E-state index contributed by atoms with van der Waals surface area (Å²) in [4.78, 5) is 22.5. The SMILES string of the molecule is C=C(C)C(=O)OCC(O)COC(=O)c1c(F)cc(F)cc1F. The molecule has 5 nitrogen and oxygen atoms in total. The van der Waals surface area contributed by atoms with Crippen LogP contribution in [0.1, 0.15) is 17.3 Å². The number of benzene rings is 1. The van der Waals surface area contributed by atoms with Crippen LogP contribution in [0.3, 0.4) is 0 Å². The van der Waals surface area contributed by atoms with Gasteiger partial charge in [-0.25, -0.2) is 22.8 Å². The van der Waals surface area contributed by atoms with E-state index < -0.39 is 54.3 Å². The molecule has 0 aliphatic rings. The molecule has 1 N–H and O–H groups in total. The first-order valence-corrected chi connectivity index (χ1v) is 6.04. The van der Waals surface area contributed by atoms with Gasteiger partial charge in [-0.3, -0.25) is 0 Å². The van der Waals surface area contributed by atoms with Crippen LogP contribution in [0.25, 0.3) is 0 Å². The van der Waals surface area contributed by atoms with Crippen LogP contribution in [0.4, 0.5) is 13.2 Å². The molecule has 1 aromatic rings. The number of aliphatic hydroxyl groups is 1. The van der Waals surface area contributed by atoms with E-state index in [4.69, 9.17) is 0 Å². The smallest absolute Gasteiger partial charge is 0.344 e. The number of carbonyl (C=O) groups is 2. The average Bonchev–Trinajstić information content (AvgIpc) is 2.41. The Balaban J connectivity index is 2.56. The van der Waals surface area contributed by atoms with E-state index in [1.54, 1.807) is 0 Å². The van der Waals surface area contributed by atoms with Gasteiger partial charge in [0, 0.05) is 17.7 Å². The Morgan fingerprint density at radius 3 is 2.18 bits per heavy atom. The molecule has 1 atom stereocenters. The zero-order valence-electron chi connectivity index (χ0n) is 11.6. The minimum Gasteiger partial charge on any atom is -0.459 e. The molecule has 0 bridgehead atoms. The van der Waals surface area contributed by atoms with Crippen LogP contribution < -0.4 is 0 Å². The summed E-state index contributed by atoms with van der Waals surface area (Å²) < 4.78 is 48.4. The number of hydrogen-bond acceptors (Lipinski definition) is 5. The van der Waals surface area contributed by atoms with E-state index in [1.807, 2.05) is 0 Å². The lowest BCUT2D eigenvalue weighted by molar-refractivity contribution is -0.142. The molecule has 0 aliphatic heterocycles. The number of rotatable bonds is 6. The third kappa shape index (κ3) is 4.88. The highest BCUT2D eigenvalue weighted by Crippen LogP contribution is 2.16. The molecule has 0 saturated carbocycles. The van der Waals surface area contributed by atoms with Crippen LogP contribution in [-0.2, 0) is 14.3 Å². The molecule has 1 unspecified atom stereocenters. The van der Waals surface area contributed by atoms with E-state index in [1.165, 1.54) is 6.92 Å². The Morgan fingerprint density at radius 1 is 1.18 bits per heavy atom. The maximum absolute atomic E-state index is 13.3. The van der Waals surface area contributed by atoms with Crippen LogP contribution >= 0.6 is 0 Å². The maximum Gasteiger partial charge on any atom is 0.344 e. The highest BCUT2D eigenvalue weighted by atomic mass is 19.1. The fourth-order valence-electron chi connectivity index (χ4n) is 1.32. The summed E-state index contributed by atoms with van der Waals surface area (Å²) >= 11 is 0. The lowest BCUT2D eigenvalue weighted by Gasteiger charge is -2.12. The fraction of sp³-hybridized carbons (Fsp3) is 0.286. The summed E-state index contributed by atoms with van der Waals surface area (Å²) in [5.41, 5.74) is -0.966. The molecular weight excluding hydrogens is 305 g/mol. The molecular formula is C14H13F3O5. The van der Waals surface area contributed by atoms with Gasteiger partial charge < -0.3 is 14.6 Å². The zero-order valence-corrected chi connectivity index (χ0v) is 11.6. The topological polar surface area (TPSA) is 72.8 Å². The first-order chi connectivity index (χ1) is 10.2. The van der Waals surface area contributed by atoms with Crippen LogP contribution in [-0.4, -0.2) is 36.4 Å². The van der Waals surface area contributed by atoms with Crippen molar-refractivity contribution in [1.29, 1.82) is 0 Å². The first kappa shape index (κ1) is 17.7. The van der Waals surface area contributed by atoms with Crippen molar-refractivity contribution < 1.29 is 37.3 Å². The standard InChI is InChI=1S/C14H13F3O5/c1-7(2)13(19)21-5-9(18)6-22-14(20)12-10(16)3-8(15)4-11(12)17/h3-4,9,18H,1,5-6H2,2H3.